The van der Waals surface area contributed by atoms with Gasteiger partial charge >= 0.3 is 0 Å². The SMILES string of the molecule is CCCOc1ccc(N2C(=O)C[C@@H](N(CCOC34CC5CC(CC(C5)C3)C4)C(C)=O)C2=O)cc1. The van der Waals surface area contributed by atoms with Gasteiger partial charge in [0.2, 0.25) is 11.8 Å². The minimum absolute atomic E-state index is 0.00383. The van der Waals surface area contributed by atoms with Crippen molar-refractivity contribution in [2.75, 3.05) is 24.7 Å². The lowest BCUT2D eigenvalue weighted by molar-refractivity contribution is -0.167. The number of hydrogen-bond acceptors (Lipinski definition) is 5. The Balaban J connectivity index is 1.22. The van der Waals surface area contributed by atoms with Gasteiger partial charge in [0.15, 0.2) is 0 Å². The molecule has 34 heavy (non-hydrogen) atoms. The molecule has 6 rings (SSSR count). The van der Waals surface area contributed by atoms with Crippen LogP contribution in [0.4, 0.5) is 5.69 Å². The molecule has 0 aromatic heterocycles. The van der Waals surface area contributed by atoms with E-state index in [0.29, 0.717) is 31.2 Å². The Morgan fingerprint density at radius 2 is 1.65 bits per heavy atom. The van der Waals surface area contributed by atoms with Crippen molar-refractivity contribution in [3.8, 4) is 5.75 Å². The standard InChI is InChI=1S/C27H36N2O5/c1-3-9-33-23-6-4-22(5-7-23)29-25(31)14-24(26(29)32)28(18(2)30)8-10-34-27-15-19-11-20(16-27)13-21(12-19)17-27/h4-7,19-21,24H,3,8-17H2,1-2H3/t19?,20?,21?,24-,27?/m1/s1. The fraction of sp³-hybridized carbons (Fsp3) is 0.667. The van der Waals surface area contributed by atoms with Crippen molar-refractivity contribution in [1.82, 2.24) is 4.90 Å². The molecule has 0 N–H and O–H groups in total. The lowest BCUT2D eigenvalue weighted by atomic mass is 9.54. The van der Waals surface area contributed by atoms with Crippen LogP contribution >= 0.6 is 0 Å². The fourth-order valence-electron chi connectivity index (χ4n) is 7.14. The molecule has 0 spiro atoms. The quantitative estimate of drug-likeness (QED) is 0.513. The minimum Gasteiger partial charge on any atom is -0.494 e. The van der Waals surface area contributed by atoms with Gasteiger partial charge in [0.1, 0.15) is 11.8 Å². The van der Waals surface area contributed by atoms with Crippen LogP contribution in [0.5, 0.6) is 5.75 Å². The summed E-state index contributed by atoms with van der Waals surface area (Å²) in [6, 6.07) is 6.19. The van der Waals surface area contributed by atoms with Crippen LogP contribution < -0.4 is 9.64 Å². The average molecular weight is 469 g/mol. The van der Waals surface area contributed by atoms with Crippen molar-refractivity contribution in [2.24, 2.45) is 17.8 Å². The summed E-state index contributed by atoms with van der Waals surface area (Å²) >= 11 is 0. The van der Waals surface area contributed by atoms with Crippen LogP contribution in [-0.4, -0.2) is 54.0 Å². The first-order valence-corrected chi connectivity index (χ1v) is 12.9. The average Bonchev–Trinajstić information content (AvgIpc) is 3.08. The second-order valence-electron chi connectivity index (χ2n) is 10.8. The molecule has 7 heteroatoms. The molecule has 0 radical (unpaired) electrons. The summed E-state index contributed by atoms with van der Waals surface area (Å²) in [6.07, 6.45) is 8.35. The van der Waals surface area contributed by atoms with Gasteiger partial charge in [0.25, 0.3) is 5.91 Å². The molecule has 184 valence electrons. The van der Waals surface area contributed by atoms with Crippen LogP contribution in [0.15, 0.2) is 24.3 Å². The number of nitrogens with zero attached hydrogens (tertiary/aromatic N) is 2. The molecule has 5 fully saturated rings. The minimum atomic E-state index is -0.777. The van der Waals surface area contributed by atoms with E-state index < -0.39 is 6.04 Å². The highest BCUT2D eigenvalue weighted by Crippen LogP contribution is 2.57. The fourth-order valence-corrected chi connectivity index (χ4v) is 7.14. The maximum absolute atomic E-state index is 13.2. The third-order valence-corrected chi connectivity index (χ3v) is 8.19. The maximum Gasteiger partial charge on any atom is 0.257 e. The molecule has 1 aromatic carbocycles. The highest BCUT2D eigenvalue weighted by Gasteiger charge is 2.52. The highest BCUT2D eigenvalue weighted by atomic mass is 16.5. The largest absolute Gasteiger partial charge is 0.494 e. The smallest absolute Gasteiger partial charge is 0.257 e. The van der Waals surface area contributed by atoms with Crippen LogP contribution in [0, 0.1) is 17.8 Å². The van der Waals surface area contributed by atoms with E-state index in [4.69, 9.17) is 9.47 Å². The molecule has 1 heterocycles. The van der Waals surface area contributed by atoms with E-state index in [9.17, 15) is 14.4 Å². The van der Waals surface area contributed by atoms with E-state index >= 15 is 0 Å². The Morgan fingerprint density at radius 3 is 2.21 bits per heavy atom. The van der Waals surface area contributed by atoms with Gasteiger partial charge in [-0.2, -0.15) is 0 Å². The van der Waals surface area contributed by atoms with Crippen LogP contribution in [0.25, 0.3) is 0 Å². The van der Waals surface area contributed by atoms with Gasteiger partial charge in [-0.15, -0.1) is 0 Å². The Kier molecular flexibility index (Phi) is 6.40. The molecular formula is C27H36N2O5. The van der Waals surface area contributed by atoms with Crippen LogP contribution in [-0.2, 0) is 19.1 Å². The normalized spacial score (nSPS) is 31.9. The summed E-state index contributed by atoms with van der Waals surface area (Å²) < 4.78 is 12.1. The molecule has 4 bridgehead atoms. The van der Waals surface area contributed by atoms with E-state index in [1.807, 2.05) is 6.92 Å². The zero-order valence-corrected chi connectivity index (χ0v) is 20.3. The maximum atomic E-state index is 13.2. The van der Waals surface area contributed by atoms with Crippen molar-refractivity contribution >= 4 is 23.4 Å². The number of carbonyl (C=O) groups excluding carboxylic acids is 3. The summed E-state index contributed by atoms with van der Waals surface area (Å²) in [7, 11) is 0. The number of amides is 3. The second kappa shape index (κ2) is 9.33. The Morgan fingerprint density at radius 1 is 1.03 bits per heavy atom. The van der Waals surface area contributed by atoms with E-state index in [-0.39, 0.29) is 29.7 Å². The number of anilines is 1. The zero-order valence-electron chi connectivity index (χ0n) is 20.3. The van der Waals surface area contributed by atoms with Crippen LogP contribution in [0.1, 0.15) is 65.2 Å². The second-order valence-corrected chi connectivity index (χ2v) is 10.8. The van der Waals surface area contributed by atoms with Crippen LogP contribution in [0.3, 0.4) is 0 Å². The lowest BCUT2D eigenvalue weighted by Crippen LogP contribution is -2.53. The predicted molar refractivity (Wildman–Crippen MR) is 127 cm³/mol. The Bertz CT molecular complexity index is 908. The van der Waals surface area contributed by atoms with Gasteiger partial charge in [0.05, 0.1) is 30.9 Å². The van der Waals surface area contributed by atoms with Crippen molar-refractivity contribution in [2.45, 2.75) is 76.9 Å². The van der Waals surface area contributed by atoms with Gasteiger partial charge in [0, 0.05) is 13.5 Å². The number of carbonyl (C=O) groups is 3. The monoisotopic (exact) mass is 468 g/mol. The number of hydrogen-bond donors (Lipinski definition) is 0. The highest BCUT2D eigenvalue weighted by molar-refractivity contribution is 6.23. The summed E-state index contributed by atoms with van der Waals surface area (Å²) in [4.78, 5) is 41.3. The molecule has 1 saturated heterocycles. The molecular weight excluding hydrogens is 432 g/mol. The van der Waals surface area contributed by atoms with Crippen molar-refractivity contribution in [3.05, 3.63) is 24.3 Å². The van der Waals surface area contributed by atoms with E-state index in [0.717, 1.165) is 43.4 Å². The molecule has 5 aliphatic rings. The zero-order chi connectivity index (χ0) is 23.9. The van der Waals surface area contributed by atoms with Gasteiger partial charge in [-0.05, 0) is 87.0 Å². The third kappa shape index (κ3) is 4.47. The van der Waals surface area contributed by atoms with Crippen molar-refractivity contribution in [1.29, 1.82) is 0 Å². The number of imide groups is 1. The van der Waals surface area contributed by atoms with Crippen molar-refractivity contribution in [3.63, 3.8) is 0 Å². The summed E-state index contributed by atoms with van der Waals surface area (Å²) in [5, 5.41) is 0. The molecule has 0 unspecified atom stereocenters. The van der Waals surface area contributed by atoms with Crippen LogP contribution in [0.2, 0.25) is 0 Å². The first-order valence-electron chi connectivity index (χ1n) is 12.9. The number of rotatable bonds is 9. The van der Waals surface area contributed by atoms with Crippen molar-refractivity contribution < 1.29 is 23.9 Å². The number of ether oxygens (including phenoxy) is 2. The first-order chi connectivity index (χ1) is 16.4. The first kappa shape index (κ1) is 23.3. The molecule has 7 nitrogen and oxygen atoms in total. The topological polar surface area (TPSA) is 76.2 Å². The number of benzene rings is 1. The third-order valence-electron chi connectivity index (χ3n) is 8.19. The molecule has 3 amide bonds. The lowest BCUT2D eigenvalue weighted by Gasteiger charge is -2.56. The molecule has 1 aromatic rings. The van der Waals surface area contributed by atoms with E-state index in [2.05, 4.69) is 0 Å². The predicted octanol–water partition coefficient (Wildman–Crippen LogP) is 3.94. The van der Waals surface area contributed by atoms with Gasteiger partial charge in [-0.1, -0.05) is 6.92 Å². The Labute approximate surface area is 201 Å². The van der Waals surface area contributed by atoms with E-state index in [1.54, 1.807) is 24.3 Å². The Hall–Kier alpha value is -2.41. The van der Waals surface area contributed by atoms with Gasteiger partial charge < -0.3 is 14.4 Å². The summed E-state index contributed by atoms with van der Waals surface area (Å²) in [5.41, 5.74) is 0.468. The van der Waals surface area contributed by atoms with Gasteiger partial charge in [-0.3, -0.25) is 14.4 Å². The summed E-state index contributed by atoms with van der Waals surface area (Å²) in [6.45, 7) is 4.85. The molecule has 1 aliphatic heterocycles. The summed E-state index contributed by atoms with van der Waals surface area (Å²) in [5.74, 6) is 2.23. The molecule has 1 atom stereocenters. The van der Waals surface area contributed by atoms with Gasteiger partial charge in [-0.25, -0.2) is 4.90 Å². The van der Waals surface area contributed by atoms with E-state index in [1.165, 1.54) is 36.0 Å². The molecule has 4 aliphatic carbocycles. The molecule has 4 saturated carbocycles.